The number of halogens is 2. The van der Waals surface area contributed by atoms with E-state index in [9.17, 15) is 17.6 Å². The second kappa shape index (κ2) is 7.00. The number of fused-ring (bicyclic) bond motifs is 1. The zero-order chi connectivity index (χ0) is 19.2. The Kier molecular flexibility index (Phi) is 4.82. The van der Waals surface area contributed by atoms with Gasteiger partial charge in [-0.2, -0.15) is 4.31 Å². The third-order valence-corrected chi connectivity index (χ3v) is 7.45. The van der Waals surface area contributed by atoms with E-state index in [4.69, 9.17) is 0 Å². The lowest BCUT2D eigenvalue weighted by Crippen LogP contribution is -2.31. The van der Waals surface area contributed by atoms with Crippen LogP contribution in [0.25, 0.3) is 0 Å². The first-order valence-electron chi connectivity index (χ1n) is 8.78. The summed E-state index contributed by atoms with van der Waals surface area (Å²) >= 11 is 3.42. The molecule has 5 nitrogen and oxygen atoms in total. The molecule has 0 saturated carbocycles. The standard InChI is InChI=1S/C19H18BrFN2O3S/c20-15-4-6-17-13(11-15)7-10-23(17)19(24)14-3-5-16(21)18(12-14)27(25,26)22-8-1-2-9-22/h3-6,11-12H,1-2,7-10H2. The van der Waals surface area contributed by atoms with Gasteiger partial charge in [0.25, 0.3) is 5.91 Å². The van der Waals surface area contributed by atoms with Crippen LogP contribution in [0, 0.1) is 5.82 Å². The highest BCUT2D eigenvalue weighted by Gasteiger charge is 2.32. The largest absolute Gasteiger partial charge is 0.308 e. The van der Waals surface area contributed by atoms with E-state index in [1.807, 2.05) is 18.2 Å². The van der Waals surface area contributed by atoms with Crippen LogP contribution >= 0.6 is 15.9 Å². The zero-order valence-electron chi connectivity index (χ0n) is 14.5. The molecule has 0 unspecified atom stereocenters. The summed E-state index contributed by atoms with van der Waals surface area (Å²) < 4.78 is 42.0. The van der Waals surface area contributed by atoms with E-state index in [0.29, 0.717) is 19.6 Å². The van der Waals surface area contributed by atoms with Crippen molar-refractivity contribution in [3.05, 3.63) is 57.8 Å². The first-order valence-corrected chi connectivity index (χ1v) is 11.0. The quantitative estimate of drug-likeness (QED) is 0.714. The number of rotatable bonds is 3. The van der Waals surface area contributed by atoms with Crippen LogP contribution in [0.1, 0.15) is 28.8 Å². The van der Waals surface area contributed by atoms with Gasteiger partial charge in [0.05, 0.1) is 0 Å². The topological polar surface area (TPSA) is 57.7 Å². The minimum atomic E-state index is -3.93. The minimum Gasteiger partial charge on any atom is -0.308 e. The number of hydrogen-bond acceptors (Lipinski definition) is 3. The summed E-state index contributed by atoms with van der Waals surface area (Å²) in [6.07, 6.45) is 2.25. The first-order chi connectivity index (χ1) is 12.9. The van der Waals surface area contributed by atoms with E-state index in [1.54, 1.807) is 4.90 Å². The Morgan fingerprint density at radius 3 is 2.52 bits per heavy atom. The predicted octanol–water partition coefficient (Wildman–Crippen LogP) is 3.58. The van der Waals surface area contributed by atoms with Gasteiger partial charge in [-0.3, -0.25) is 4.79 Å². The third kappa shape index (κ3) is 3.30. The van der Waals surface area contributed by atoms with Crippen molar-refractivity contribution in [3.8, 4) is 0 Å². The fourth-order valence-electron chi connectivity index (χ4n) is 3.64. The summed E-state index contributed by atoms with van der Waals surface area (Å²) in [7, 11) is -3.93. The second-order valence-electron chi connectivity index (χ2n) is 6.74. The highest BCUT2D eigenvalue weighted by Crippen LogP contribution is 2.32. The molecule has 8 heteroatoms. The number of carbonyl (C=O) groups is 1. The molecule has 0 bridgehead atoms. The molecule has 142 valence electrons. The van der Waals surface area contributed by atoms with Crippen molar-refractivity contribution in [2.75, 3.05) is 24.5 Å². The lowest BCUT2D eigenvalue weighted by molar-refractivity contribution is 0.0989. The van der Waals surface area contributed by atoms with Gasteiger partial charge in [0.2, 0.25) is 10.0 Å². The molecule has 0 aliphatic carbocycles. The summed E-state index contributed by atoms with van der Waals surface area (Å²) in [5, 5.41) is 0. The zero-order valence-corrected chi connectivity index (χ0v) is 16.9. The molecule has 27 heavy (non-hydrogen) atoms. The van der Waals surface area contributed by atoms with Gasteiger partial charge in [-0.15, -0.1) is 0 Å². The van der Waals surface area contributed by atoms with E-state index in [0.717, 1.165) is 41.1 Å². The van der Waals surface area contributed by atoms with Crippen LogP contribution in [0.2, 0.25) is 0 Å². The average molecular weight is 453 g/mol. The van der Waals surface area contributed by atoms with Crippen LogP contribution in [0.15, 0.2) is 45.8 Å². The lowest BCUT2D eigenvalue weighted by Gasteiger charge is -2.19. The second-order valence-corrected chi connectivity index (χ2v) is 9.56. The highest BCUT2D eigenvalue weighted by atomic mass is 79.9. The molecule has 2 aliphatic rings. The van der Waals surface area contributed by atoms with Crippen molar-refractivity contribution in [1.82, 2.24) is 4.31 Å². The number of carbonyl (C=O) groups excluding carboxylic acids is 1. The number of amides is 1. The van der Waals surface area contributed by atoms with E-state index >= 15 is 0 Å². The van der Waals surface area contributed by atoms with Crippen LogP contribution < -0.4 is 4.90 Å². The van der Waals surface area contributed by atoms with Gasteiger partial charge < -0.3 is 4.90 Å². The number of anilines is 1. The van der Waals surface area contributed by atoms with Gasteiger partial charge in [0.15, 0.2) is 0 Å². The lowest BCUT2D eigenvalue weighted by atomic mass is 10.1. The van der Waals surface area contributed by atoms with E-state index in [1.165, 1.54) is 16.4 Å². The number of nitrogens with zero attached hydrogens (tertiary/aromatic N) is 2. The molecule has 1 amide bonds. The molecular weight excluding hydrogens is 435 g/mol. The Morgan fingerprint density at radius 2 is 1.78 bits per heavy atom. The molecule has 2 aromatic rings. The Hall–Kier alpha value is -1.77. The van der Waals surface area contributed by atoms with Crippen molar-refractivity contribution in [2.24, 2.45) is 0 Å². The summed E-state index contributed by atoms with van der Waals surface area (Å²) in [5.74, 6) is -1.15. The normalized spacial score (nSPS) is 17.3. The monoisotopic (exact) mass is 452 g/mol. The molecule has 0 aromatic heterocycles. The summed E-state index contributed by atoms with van der Waals surface area (Å²) in [5.41, 5.74) is 2.02. The summed E-state index contributed by atoms with van der Waals surface area (Å²) in [6.45, 7) is 1.28. The van der Waals surface area contributed by atoms with Gasteiger partial charge in [-0.05, 0) is 61.2 Å². The van der Waals surface area contributed by atoms with Gasteiger partial charge in [-0.1, -0.05) is 15.9 Å². The summed E-state index contributed by atoms with van der Waals surface area (Å²) in [4.78, 5) is 14.2. The molecule has 0 N–H and O–H groups in total. The fraction of sp³-hybridized carbons (Fsp3) is 0.316. The van der Waals surface area contributed by atoms with Crippen molar-refractivity contribution in [2.45, 2.75) is 24.2 Å². The van der Waals surface area contributed by atoms with Crippen molar-refractivity contribution < 1.29 is 17.6 Å². The van der Waals surface area contributed by atoms with Crippen LogP contribution in [0.3, 0.4) is 0 Å². The molecule has 2 aliphatic heterocycles. The van der Waals surface area contributed by atoms with Crippen LogP contribution in [0.5, 0.6) is 0 Å². The van der Waals surface area contributed by atoms with E-state index in [2.05, 4.69) is 15.9 Å². The smallest absolute Gasteiger partial charge is 0.258 e. The van der Waals surface area contributed by atoms with Gasteiger partial charge in [-0.25, -0.2) is 12.8 Å². The molecule has 0 atom stereocenters. The number of benzene rings is 2. The number of sulfonamides is 1. The maximum absolute atomic E-state index is 14.3. The maximum atomic E-state index is 14.3. The SMILES string of the molecule is O=C(c1ccc(F)c(S(=O)(=O)N2CCCC2)c1)N1CCc2cc(Br)ccc21. The molecular formula is C19H18BrFN2O3S. The molecule has 2 aromatic carbocycles. The van der Waals surface area contributed by atoms with Gasteiger partial charge in [0, 0.05) is 35.4 Å². The predicted molar refractivity (Wildman–Crippen MR) is 104 cm³/mol. The van der Waals surface area contributed by atoms with Gasteiger partial charge >= 0.3 is 0 Å². The Bertz CT molecular complexity index is 1020. The van der Waals surface area contributed by atoms with Crippen molar-refractivity contribution in [3.63, 3.8) is 0 Å². The van der Waals surface area contributed by atoms with Crippen molar-refractivity contribution in [1.29, 1.82) is 0 Å². The summed E-state index contributed by atoms with van der Waals surface area (Å²) in [6, 6.07) is 9.26. The number of hydrogen-bond donors (Lipinski definition) is 0. The Balaban J connectivity index is 1.69. The van der Waals surface area contributed by atoms with E-state index in [-0.39, 0.29) is 11.5 Å². The van der Waals surface area contributed by atoms with Crippen LogP contribution in [-0.2, 0) is 16.4 Å². The van der Waals surface area contributed by atoms with Gasteiger partial charge in [0.1, 0.15) is 10.7 Å². The third-order valence-electron chi connectivity index (χ3n) is 5.04. The first kappa shape index (κ1) is 18.6. The molecule has 0 spiro atoms. The Labute approximate surface area is 166 Å². The average Bonchev–Trinajstić information content (AvgIpc) is 3.31. The minimum absolute atomic E-state index is 0.171. The highest BCUT2D eigenvalue weighted by molar-refractivity contribution is 9.10. The van der Waals surface area contributed by atoms with E-state index < -0.39 is 20.7 Å². The van der Waals surface area contributed by atoms with Crippen molar-refractivity contribution >= 4 is 37.5 Å². The van der Waals surface area contributed by atoms with Crippen LogP contribution in [-0.4, -0.2) is 38.3 Å². The molecule has 1 saturated heterocycles. The fourth-order valence-corrected chi connectivity index (χ4v) is 5.65. The maximum Gasteiger partial charge on any atom is 0.258 e. The Morgan fingerprint density at radius 1 is 1.04 bits per heavy atom. The molecule has 1 fully saturated rings. The molecule has 0 radical (unpaired) electrons. The molecule has 2 heterocycles. The molecule has 4 rings (SSSR count). The van der Waals surface area contributed by atoms with Crippen LogP contribution in [0.4, 0.5) is 10.1 Å².